The van der Waals surface area contributed by atoms with Crippen LogP contribution in [0, 0.1) is 0 Å². The standard InChI is InChI=1S/C15H14O4/c16-12(8-6-10-4-2-1-3-5-10)11-7-9-13(17)15(19)14(11)18/h1-9,12,16-19H/b8-6+. The molecule has 0 spiro atoms. The minimum Gasteiger partial charge on any atom is -0.504 e. The summed E-state index contributed by atoms with van der Waals surface area (Å²) in [5, 5.41) is 38.2. The molecule has 0 bridgehead atoms. The van der Waals surface area contributed by atoms with Gasteiger partial charge in [-0.25, -0.2) is 0 Å². The highest BCUT2D eigenvalue weighted by Crippen LogP contribution is 2.39. The quantitative estimate of drug-likeness (QED) is 0.638. The molecule has 0 amide bonds. The van der Waals surface area contributed by atoms with Crippen LogP contribution in [0.1, 0.15) is 17.2 Å². The van der Waals surface area contributed by atoms with Gasteiger partial charge in [-0.15, -0.1) is 0 Å². The van der Waals surface area contributed by atoms with Gasteiger partial charge in [-0.3, -0.25) is 0 Å². The minimum atomic E-state index is -1.08. The lowest BCUT2D eigenvalue weighted by molar-refractivity contribution is 0.222. The van der Waals surface area contributed by atoms with E-state index in [0.717, 1.165) is 5.56 Å². The zero-order chi connectivity index (χ0) is 13.8. The largest absolute Gasteiger partial charge is 0.504 e. The Bertz CT molecular complexity index is 591. The first-order chi connectivity index (χ1) is 9.09. The number of aliphatic hydroxyl groups excluding tert-OH is 1. The average Bonchev–Trinajstić information content (AvgIpc) is 2.43. The Morgan fingerprint density at radius 1 is 0.842 bits per heavy atom. The van der Waals surface area contributed by atoms with Crippen molar-refractivity contribution in [3.63, 3.8) is 0 Å². The van der Waals surface area contributed by atoms with Crippen LogP contribution >= 0.6 is 0 Å². The predicted octanol–water partition coefficient (Wildman–Crippen LogP) is 2.55. The lowest BCUT2D eigenvalue weighted by Gasteiger charge is -2.10. The van der Waals surface area contributed by atoms with Crippen LogP contribution in [0.3, 0.4) is 0 Å². The molecule has 0 aliphatic carbocycles. The minimum absolute atomic E-state index is 0.127. The van der Waals surface area contributed by atoms with Gasteiger partial charge >= 0.3 is 0 Å². The Balaban J connectivity index is 2.23. The molecule has 19 heavy (non-hydrogen) atoms. The Labute approximate surface area is 110 Å². The van der Waals surface area contributed by atoms with E-state index < -0.39 is 23.4 Å². The van der Waals surface area contributed by atoms with Gasteiger partial charge in [-0.05, 0) is 17.7 Å². The van der Waals surface area contributed by atoms with E-state index in [-0.39, 0.29) is 5.56 Å². The summed E-state index contributed by atoms with van der Waals surface area (Å²) in [7, 11) is 0. The van der Waals surface area contributed by atoms with E-state index in [4.69, 9.17) is 0 Å². The molecule has 0 fully saturated rings. The molecule has 2 aromatic carbocycles. The topological polar surface area (TPSA) is 80.9 Å². The molecule has 4 heteroatoms. The lowest BCUT2D eigenvalue weighted by Crippen LogP contribution is -1.93. The zero-order valence-electron chi connectivity index (χ0n) is 10.1. The smallest absolute Gasteiger partial charge is 0.200 e. The van der Waals surface area contributed by atoms with Crippen molar-refractivity contribution >= 4 is 6.08 Å². The monoisotopic (exact) mass is 258 g/mol. The normalized spacial score (nSPS) is 12.7. The first-order valence-corrected chi connectivity index (χ1v) is 5.74. The number of aliphatic hydroxyl groups is 1. The van der Waals surface area contributed by atoms with Crippen molar-refractivity contribution in [2.75, 3.05) is 0 Å². The molecule has 0 aliphatic heterocycles. The van der Waals surface area contributed by atoms with Crippen molar-refractivity contribution in [1.82, 2.24) is 0 Å². The van der Waals surface area contributed by atoms with Crippen LogP contribution < -0.4 is 0 Å². The maximum atomic E-state index is 9.94. The van der Waals surface area contributed by atoms with Crippen LogP contribution in [0.4, 0.5) is 0 Å². The molecule has 0 saturated heterocycles. The Kier molecular flexibility index (Phi) is 3.73. The zero-order valence-corrected chi connectivity index (χ0v) is 10.1. The van der Waals surface area contributed by atoms with Gasteiger partial charge in [0.15, 0.2) is 11.5 Å². The van der Waals surface area contributed by atoms with Crippen molar-refractivity contribution in [3.05, 3.63) is 59.7 Å². The van der Waals surface area contributed by atoms with E-state index in [1.165, 1.54) is 18.2 Å². The fraction of sp³-hybridized carbons (Fsp3) is 0.0667. The van der Waals surface area contributed by atoms with Crippen LogP contribution in [0.15, 0.2) is 48.5 Å². The molecule has 0 radical (unpaired) electrons. The molecule has 4 N–H and O–H groups in total. The predicted molar refractivity (Wildman–Crippen MR) is 71.9 cm³/mol. The summed E-state index contributed by atoms with van der Waals surface area (Å²) >= 11 is 0. The van der Waals surface area contributed by atoms with E-state index in [1.807, 2.05) is 30.3 Å². The highest BCUT2D eigenvalue weighted by atomic mass is 16.3. The van der Waals surface area contributed by atoms with E-state index in [1.54, 1.807) is 6.08 Å². The lowest BCUT2D eigenvalue weighted by atomic mass is 10.1. The number of phenols is 3. The van der Waals surface area contributed by atoms with Crippen molar-refractivity contribution < 1.29 is 20.4 Å². The van der Waals surface area contributed by atoms with Gasteiger partial charge < -0.3 is 20.4 Å². The third-order valence-corrected chi connectivity index (χ3v) is 2.75. The molecule has 0 aromatic heterocycles. The third kappa shape index (κ3) is 2.86. The molecule has 1 atom stereocenters. The number of benzene rings is 2. The summed E-state index contributed by atoms with van der Waals surface area (Å²) in [5.74, 6) is -1.59. The second-order valence-corrected chi connectivity index (χ2v) is 4.09. The van der Waals surface area contributed by atoms with Crippen LogP contribution in [0.2, 0.25) is 0 Å². The summed E-state index contributed by atoms with van der Waals surface area (Å²) in [5.41, 5.74) is 1.03. The summed E-state index contributed by atoms with van der Waals surface area (Å²) in [6.07, 6.45) is 2.11. The number of aromatic hydroxyl groups is 3. The van der Waals surface area contributed by atoms with Gasteiger partial charge in [0.25, 0.3) is 0 Å². The van der Waals surface area contributed by atoms with Crippen molar-refractivity contribution in [1.29, 1.82) is 0 Å². The summed E-state index contributed by atoms with van der Waals surface area (Å²) < 4.78 is 0. The molecule has 98 valence electrons. The third-order valence-electron chi connectivity index (χ3n) is 2.75. The van der Waals surface area contributed by atoms with Gasteiger partial charge in [0.05, 0.1) is 0 Å². The van der Waals surface area contributed by atoms with Crippen LogP contribution in [-0.4, -0.2) is 20.4 Å². The fourth-order valence-electron chi connectivity index (χ4n) is 1.69. The Morgan fingerprint density at radius 2 is 1.53 bits per heavy atom. The SMILES string of the molecule is Oc1ccc(C(O)/C=C/c2ccccc2)c(O)c1O. The molecular weight excluding hydrogens is 244 g/mol. The van der Waals surface area contributed by atoms with Gasteiger partial charge in [0.2, 0.25) is 5.75 Å². The van der Waals surface area contributed by atoms with E-state index >= 15 is 0 Å². The maximum Gasteiger partial charge on any atom is 0.200 e. The molecule has 2 rings (SSSR count). The van der Waals surface area contributed by atoms with E-state index in [2.05, 4.69) is 0 Å². The number of phenolic OH excluding ortho intramolecular Hbond substituents is 3. The Hall–Kier alpha value is -2.46. The highest BCUT2D eigenvalue weighted by molar-refractivity contribution is 5.56. The summed E-state index contributed by atoms with van der Waals surface area (Å²) in [6, 6.07) is 11.9. The molecule has 0 heterocycles. The summed E-state index contributed by atoms with van der Waals surface area (Å²) in [4.78, 5) is 0. The fourth-order valence-corrected chi connectivity index (χ4v) is 1.69. The average molecular weight is 258 g/mol. The molecule has 0 aliphatic rings. The van der Waals surface area contributed by atoms with Gasteiger partial charge in [-0.1, -0.05) is 42.5 Å². The second-order valence-electron chi connectivity index (χ2n) is 4.09. The second kappa shape index (κ2) is 5.46. The number of rotatable bonds is 3. The molecule has 0 saturated carbocycles. The van der Waals surface area contributed by atoms with E-state index in [9.17, 15) is 20.4 Å². The van der Waals surface area contributed by atoms with Gasteiger partial charge in [-0.2, -0.15) is 0 Å². The highest BCUT2D eigenvalue weighted by Gasteiger charge is 2.15. The first kappa shape index (κ1) is 13.0. The number of hydrogen-bond donors (Lipinski definition) is 4. The summed E-state index contributed by atoms with van der Waals surface area (Å²) in [6.45, 7) is 0. The molecule has 1 unspecified atom stereocenters. The molecule has 4 nitrogen and oxygen atoms in total. The maximum absolute atomic E-state index is 9.94. The number of hydrogen-bond acceptors (Lipinski definition) is 4. The van der Waals surface area contributed by atoms with Crippen LogP contribution in [0.25, 0.3) is 6.08 Å². The van der Waals surface area contributed by atoms with Gasteiger partial charge in [0, 0.05) is 5.56 Å². The van der Waals surface area contributed by atoms with E-state index in [0.29, 0.717) is 0 Å². The first-order valence-electron chi connectivity index (χ1n) is 5.74. The van der Waals surface area contributed by atoms with Crippen molar-refractivity contribution in [2.45, 2.75) is 6.10 Å². The van der Waals surface area contributed by atoms with Crippen LogP contribution in [-0.2, 0) is 0 Å². The molecular formula is C15H14O4. The van der Waals surface area contributed by atoms with Crippen molar-refractivity contribution in [2.24, 2.45) is 0 Å². The van der Waals surface area contributed by atoms with Crippen molar-refractivity contribution in [3.8, 4) is 17.2 Å². The van der Waals surface area contributed by atoms with Crippen LogP contribution in [0.5, 0.6) is 17.2 Å². The van der Waals surface area contributed by atoms with Gasteiger partial charge in [0.1, 0.15) is 6.10 Å². The Morgan fingerprint density at radius 3 is 2.21 bits per heavy atom. The molecule has 2 aromatic rings.